The molecule has 0 saturated heterocycles. The maximum atomic E-state index is 11.2. The molecule has 0 aliphatic carbocycles. The quantitative estimate of drug-likeness (QED) is 0.427. The van der Waals surface area contributed by atoms with Crippen LogP contribution in [0.3, 0.4) is 0 Å². The number of nitrogens with two attached hydrogens (primary N) is 1. The zero-order chi connectivity index (χ0) is 10.1. The summed E-state index contributed by atoms with van der Waals surface area (Å²) in [5, 5.41) is 12.4. The monoisotopic (exact) mass is 192 g/mol. The SMILES string of the molecule is Nc1ccc2c(c1O)CCCC(=O)N2. The van der Waals surface area contributed by atoms with Gasteiger partial charge in [0.25, 0.3) is 0 Å². The van der Waals surface area contributed by atoms with Gasteiger partial charge < -0.3 is 16.2 Å². The van der Waals surface area contributed by atoms with Gasteiger partial charge in [0.15, 0.2) is 0 Å². The molecule has 1 aromatic carbocycles. The molecule has 0 saturated carbocycles. The second-order valence-corrected chi connectivity index (χ2v) is 3.43. The van der Waals surface area contributed by atoms with E-state index in [1.165, 1.54) is 0 Å². The second-order valence-electron chi connectivity index (χ2n) is 3.43. The Morgan fingerprint density at radius 2 is 2.14 bits per heavy atom. The predicted octanol–water partition coefficient (Wildman–Crippen LogP) is 1.25. The number of rotatable bonds is 0. The molecule has 2 rings (SSSR count). The van der Waals surface area contributed by atoms with Crippen molar-refractivity contribution in [3.8, 4) is 5.75 Å². The van der Waals surface area contributed by atoms with Crippen molar-refractivity contribution in [1.82, 2.24) is 0 Å². The Hall–Kier alpha value is -1.71. The summed E-state index contributed by atoms with van der Waals surface area (Å²) in [6, 6.07) is 3.33. The topological polar surface area (TPSA) is 75.3 Å². The first kappa shape index (κ1) is 8.87. The summed E-state index contributed by atoms with van der Waals surface area (Å²) in [7, 11) is 0. The lowest BCUT2D eigenvalue weighted by Gasteiger charge is -2.09. The Kier molecular flexibility index (Phi) is 2.04. The van der Waals surface area contributed by atoms with E-state index in [1.807, 2.05) is 0 Å². The minimum atomic E-state index is -0.00655. The minimum absolute atomic E-state index is 0.00655. The molecule has 4 heteroatoms. The summed E-state index contributed by atoms with van der Waals surface area (Å²) in [6.07, 6.45) is 1.93. The lowest BCUT2D eigenvalue weighted by atomic mass is 10.1. The number of benzene rings is 1. The molecule has 74 valence electrons. The molecule has 1 heterocycles. The van der Waals surface area contributed by atoms with E-state index in [2.05, 4.69) is 5.32 Å². The van der Waals surface area contributed by atoms with Gasteiger partial charge >= 0.3 is 0 Å². The Morgan fingerprint density at radius 3 is 2.93 bits per heavy atom. The van der Waals surface area contributed by atoms with Crippen molar-refractivity contribution < 1.29 is 9.90 Å². The van der Waals surface area contributed by atoms with Crippen molar-refractivity contribution in [3.05, 3.63) is 17.7 Å². The Labute approximate surface area is 81.7 Å². The summed E-state index contributed by atoms with van der Waals surface area (Å²) < 4.78 is 0. The molecule has 0 radical (unpaired) electrons. The molecule has 1 amide bonds. The molecular weight excluding hydrogens is 180 g/mol. The van der Waals surface area contributed by atoms with Crippen LogP contribution in [-0.2, 0) is 11.2 Å². The van der Waals surface area contributed by atoms with E-state index in [4.69, 9.17) is 5.73 Å². The van der Waals surface area contributed by atoms with E-state index in [9.17, 15) is 9.90 Å². The Morgan fingerprint density at radius 1 is 1.36 bits per heavy atom. The van der Waals surface area contributed by atoms with E-state index in [0.717, 1.165) is 12.0 Å². The van der Waals surface area contributed by atoms with Crippen LogP contribution >= 0.6 is 0 Å². The van der Waals surface area contributed by atoms with Crippen molar-refractivity contribution in [1.29, 1.82) is 0 Å². The molecule has 4 nitrogen and oxygen atoms in total. The number of phenols is 1. The maximum Gasteiger partial charge on any atom is 0.224 e. The first-order valence-corrected chi connectivity index (χ1v) is 4.58. The van der Waals surface area contributed by atoms with Gasteiger partial charge in [0.05, 0.1) is 5.69 Å². The number of nitrogens with one attached hydrogen (secondary N) is 1. The van der Waals surface area contributed by atoms with Gasteiger partial charge in [0.2, 0.25) is 5.91 Å². The molecular formula is C10H12N2O2. The van der Waals surface area contributed by atoms with Gasteiger partial charge in [-0.15, -0.1) is 0 Å². The van der Waals surface area contributed by atoms with E-state index in [0.29, 0.717) is 24.2 Å². The number of fused-ring (bicyclic) bond motifs is 1. The van der Waals surface area contributed by atoms with Crippen LogP contribution in [0.2, 0.25) is 0 Å². The smallest absolute Gasteiger partial charge is 0.224 e. The fourth-order valence-corrected chi connectivity index (χ4v) is 1.66. The molecule has 0 fully saturated rings. The third-order valence-electron chi connectivity index (χ3n) is 2.42. The second kappa shape index (κ2) is 3.21. The number of hydrogen-bond acceptors (Lipinski definition) is 3. The standard InChI is InChI=1S/C10H12N2O2/c11-7-4-5-8-6(10(7)14)2-1-3-9(13)12-8/h4-5,14H,1-3,11H2,(H,12,13). The maximum absolute atomic E-state index is 11.2. The minimum Gasteiger partial charge on any atom is -0.505 e. The largest absolute Gasteiger partial charge is 0.505 e. The predicted molar refractivity (Wildman–Crippen MR) is 54.1 cm³/mol. The number of phenolic OH excluding ortho intramolecular Hbond substituents is 1. The number of hydrogen-bond donors (Lipinski definition) is 3. The lowest BCUT2D eigenvalue weighted by Crippen LogP contribution is -2.09. The highest BCUT2D eigenvalue weighted by atomic mass is 16.3. The molecule has 1 aliphatic rings. The molecule has 0 unspecified atom stereocenters. The molecule has 0 atom stereocenters. The molecule has 0 spiro atoms. The van der Waals surface area contributed by atoms with Crippen molar-refractivity contribution >= 4 is 17.3 Å². The fourth-order valence-electron chi connectivity index (χ4n) is 1.66. The first-order valence-electron chi connectivity index (χ1n) is 4.58. The van der Waals surface area contributed by atoms with Crippen molar-refractivity contribution in [3.63, 3.8) is 0 Å². The first-order chi connectivity index (χ1) is 6.68. The van der Waals surface area contributed by atoms with Crippen LogP contribution in [0.4, 0.5) is 11.4 Å². The van der Waals surface area contributed by atoms with E-state index < -0.39 is 0 Å². The van der Waals surface area contributed by atoms with E-state index in [1.54, 1.807) is 12.1 Å². The highest BCUT2D eigenvalue weighted by Gasteiger charge is 2.16. The van der Waals surface area contributed by atoms with E-state index >= 15 is 0 Å². The highest BCUT2D eigenvalue weighted by molar-refractivity contribution is 5.93. The van der Waals surface area contributed by atoms with Crippen LogP contribution in [0, 0.1) is 0 Å². The van der Waals surface area contributed by atoms with Crippen LogP contribution < -0.4 is 11.1 Å². The average Bonchev–Trinajstić information content (AvgIpc) is 2.34. The van der Waals surface area contributed by atoms with Gasteiger partial charge in [0, 0.05) is 17.7 Å². The van der Waals surface area contributed by atoms with E-state index in [-0.39, 0.29) is 11.7 Å². The number of anilines is 2. The molecule has 14 heavy (non-hydrogen) atoms. The van der Waals surface area contributed by atoms with Gasteiger partial charge in [0.1, 0.15) is 5.75 Å². The molecule has 1 aromatic rings. The molecule has 4 N–H and O–H groups in total. The van der Waals surface area contributed by atoms with Gasteiger partial charge in [-0.2, -0.15) is 0 Å². The normalized spacial score (nSPS) is 15.6. The zero-order valence-corrected chi connectivity index (χ0v) is 7.71. The van der Waals surface area contributed by atoms with Crippen molar-refractivity contribution in [2.75, 3.05) is 11.1 Å². The molecule has 1 aliphatic heterocycles. The summed E-state index contributed by atoms with van der Waals surface area (Å²) in [4.78, 5) is 11.2. The van der Waals surface area contributed by atoms with Crippen molar-refractivity contribution in [2.45, 2.75) is 19.3 Å². The van der Waals surface area contributed by atoms with Gasteiger partial charge in [-0.25, -0.2) is 0 Å². The van der Waals surface area contributed by atoms with Crippen LogP contribution in [0.15, 0.2) is 12.1 Å². The summed E-state index contributed by atoms with van der Waals surface area (Å²) >= 11 is 0. The molecule has 0 aromatic heterocycles. The number of carbonyl (C=O) groups is 1. The van der Waals surface area contributed by atoms with Crippen molar-refractivity contribution in [2.24, 2.45) is 0 Å². The third kappa shape index (κ3) is 1.39. The molecule has 0 bridgehead atoms. The van der Waals surface area contributed by atoms with Crippen LogP contribution in [0.1, 0.15) is 18.4 Å². The van der Waals surface area contributed by atoms with Crippen LogP contribution in [0.25, 0.3) is 0 Å². The number of carbonyl (C=O) groups excluding carboxylic acids is 1. The average molecular weight is 192 g/mol. The summed E-state index contributed by atoms with van der Waals surface area (Å²) in [5.74, 6) is 0.0950. The fraction of sp³-hybridized carbons (Fsp3) is 0.300. The Bertz CT molecular complexity index is 388. The van der Waals surface area contributed by atoms with Gasteiger partial charge in [-0.1, -0.05) is 0 Å². The lowest BCUT2D eigenvalue weighted by molar-refractivity contribution is -0.116. The van der Waals surface area contributed by atoms with Crippen LogP contribution in [-0.4, -0.2) is 11.0 Å². The summed E-state index contributed by atoms with van der Waals surface area (Å²) in [6.45, 7) is 0. The van der Waals surface area contributed by atoms with Gasteiger partial charge in [-0.3, -0.25) is 4.79 Å². The number of amides is 1. The Balaban J connectivity index is 2.50. The van der Waals surface area contributed by atoms with Gasteiger partial charge in [-0.05, 0) is 25.0 Å². The van der Waals surface area contributed by atoms with Crippen LogP contribution in [0.5, 0.6) is 5.75 Å². The zero-order valence-electron chi connectivity index (χ0n) is 7.71. The highest BCUT2D eigenvalue weighted by Crippen LogP contribution is 2.34. The number of aromatic hydroxyl groups is 1. The third-order valence-corrected chi connectivity index (χ3v) is 2.42. The summed E-state index contributed by atoms with van der Waals surface area (Å²) in [5.41, 5.74) is 7.35. The number of nitrogen functional groups attached to an aromatic ring is 1.